The summed E-state index contributed by atoms with van der Waals surface area (Å²) in [5.41, 5.74) is 8.77. The van der Waals surface area contributed by atoms with Crippen LogP contribution < -0.4 is 5.32 Å². The van der Waals surface area contributed by atoms with Crippen LogP contribution in [0.1, 0.15) is 40.7 Å². The number of phenols is 1. The lowest BCUT2D eigenvalue weighted by Gasteiger charge is -2.20. The maximum absolute atomic E-state index is 12.5. The molecular weight excluding hydrogens is 562 g/mol. The topological polar surface area (TPSA) is 84.9 Å². The van der Waals surface area contributed by atoms with E-state index in [9.17, 15) is 14.7 Å². The Morgan fingerprint density at radius 2 is 1.18 bits per heavy atom. The number of hydrogen-bond acceptors (Lipinski definition) is 6. The summed E-state index contributed by atoms with van der Waals surface area (Å²) < 4.78 is 9.89. The minimum atomic E-state index is -0.440. The molecule has 1 aliphatic heterocycles. The number of ether oxygens (including phenoxy) is 2. The molecule has 2 N–H and O–H groups in total. The third kappa shape index (κ3) is 7.48. The Bertz CT molecular complexity index is 1740. The van der Waals surface area contributed by atoms with Crippen LogP contribution in [0.2, 0.25) is 0 Å². The van der Waals surface area contributed by atoms with Crippen LogP contribution in [0.4, 0.5) is 0 Å². The van der Waals surface area contributed by atoms with E-state index in [1.807, 2.05) is 78.9 Å². The molecule has 0 saturated heterocycles. The highest BCUT2D eigenvalue weighted by Crippen LogP contribution is 2.39. The van der Waals surface area contributed by atoms with E-state index >= 15 is 0 Å². The molecule has 45 heavy (non-hydrogen) atoms. The zero-order valence-corrected chi connectivity index (χ0v) is 25.3. The predicted molar refractivity (Wildman–Crippen MR) is 177 cm³/mol. The lowest BCUT2D eigenvalue weighted by Crippen LogP contribution is -2.17. The van der Waals surface area contributed by atoms with E-state index in [2.05, 4.69) is 41.7 Å². The van der Waals surface area contributed by atoms with Crippen molar-refractivity contribution in [3.8, 4) is 5.75 Å². The van der Waals surface area contributed by atoms with Crippen molar-refractivity contribution in [1.29, 1.82) is 0 Å². The number of rotatable bonds is 10. The molecule has 4 aromatic rings. The van der Waals surface area contributed by atoms with Crippen LogP contribution in [-0.4, -0.2) is 31.3 Å². The second kappa shape index (κ2) is 14.7. The van der Waals surface area contributed by atoms with E-state index < -0.39 is 11.9 Å². The van der Waals surface area contributed by atoms with Gasteiger partial charge in [-0.15, -0.1) is 0 Å². The Labute approximate surface area is 263 Å². The molecule has 226 valence electrons. The van der Waals surface area contributed by atoms with Gasteiger partial charge in [0.15, 0.2) is 0 Å². The Hall–Kier alpha value is -5.62. The second-order valence-electron chi connectivity index (χ2n) is 10.5. The van der Waals surface area contributed by atoms with Crippen LogP contribution in [-0.2, 0) is 25.5 Å². The highest BCUT2D eigenvalue weighted by Gasteiger charge is 2.22. The van der Waals surface area contributed by atoms with Crippen LogP contribution >= 0.6 is 0 Å². The summed E-state index contributed by atoms with van der Waals surface area (Å²) in [6, 6.07) is 36.4. The van der Waals surface area contributed by atoms with E-state index in [1.165, 1.54) is 14.2 Å². The van der Waals surface area contributed by atoms with Crippen molar-refractivity contribution in [3.05, 3.63) is 172 Å². The van der Waals surface area contributed by atoms with Gasteiger partial charge in [0.25, 0.3) is 0 Å². The van der Waals surface area contributed by atoms with Gasteiger partial charge in [-0.05, 0) is 68.3 Å². The van der Waals surface area contributed by atoms with Crippen LogP contribution in [0.5, 0.6) is 5.75 Å². The quantitative estimate of drug-likeness (QED) is 0.147. The Kier molecular flexibility index (Phi) is 10.1. The van der Waals surface area contributed by atoms with Gasteiger partial charge in [-0.3, -0.25) is 9.59 Å². The molecule has 0 saturated carbocycles. The van der Waals surface area contributed by atoms with E-state index in [1.54, 1.807) is 12.3 Å². The van der Waals surface area contributed by atoms with Crippen molar-refractivity contribution >= 4 is 23.1 Å². The van der Waals surface area contributed by atoms with Gasteiger partial charge < -0.3 is 19.9 Å². The summed E-state index contributed by atoms with van der Waals surface area (Å²) in [7, 11) is 2.66. The van der Waals surface area contributed by atoms with Crippen molar-refractivity contribution in [2.75, 3.05) is 14.2 Å². The minimum absolute atomic E-state index is 0.0467. The molecule has 6 heteroatoms. The highest BCUT2D eigenvalue weighted by atomic mass is 16.5. The third-order valence-corrected chi connectivity index (χ3v) is 7.69. The lowest BCUT2D eigenvalue weighted by atomic mass is 9.84. The Morgan fingerprint density at radius 1 is 0.667 bits per heavy atom. The van der Waals surface area contributed by atoms with E-state index in [0.717, 1.165) is 39.0 Å². The van der Waals surface area contributed by atoms with Gasteiger partial charge in [-0.25, -0.2) is 0 Å². The van der Waals surface area contributed by atoms with E-state index in [-0.39, 0.29) is 18.6 Å². The smallest absolute Gasteiger partial charge is 0.311 e. The van der Waals surface area contributed by atoms with Crippen molar-refractivity contribution in [2.24, 2.45) is 0 Å². The molecular formula is C39H35NO5. The first-order valence-corrected chi connectivity index (χ1v) is 14.7. The zero-order chi connectivity index (χ0) is 31.6. The summed E-state index contributed by atoms with van der Waals surface area (Å²) in [6.45, 7) is 0. The first kappa shape index (κ1) is 30.8. The number of nitrogens with one attached hydrogen (secondary N) is 1. The van der Waals surface area contributed by atoms with Crippen LogP contribution in [0.15, 0.2) is 144 Å². The largest absolute Gasteiger partial charge is 0.508 e. The number of hydrogen-bond donors (Lipinski definition) is 2. The predicted octanol–water partition coefficient (Wildman–Crippen LogP) is 7.37. The first-order chi connectivity index (χ1) is 22.0. The monoisotopic (exact) mass is 597 g/mol. The number of aromatic hydroxyl groups is 1. The van der Waals surface area contributed by atoms with Crippen LogP contribution in [0, 0.1) is 0 Å². The summed E-state index contributed by atoms with van der Waals surface area (Å²) in [5.74, 6) is -0.753. The lowest BCUT2D eigenvalue weighted by molar-refractivity contribution is -0.141. The van der Waals surface area contributed by atoms with Gasteiger partial charge in [0.1, 0.15) is 5.75 Å². The van der Waals surface area contributed by atoms with Gasteiger partial charge in [0.2, 0.25) is 0 Å². The molecule has 1 heterocycles. The molecule has 0 spiro atoms. The second-order valence-corrected chi connectivity index (χ2v) is 10.5. The number of benzene rings is 4. The molecule has 0 fully saturated rings. The highest BCUT2D eigenvalue weighted by molar-refractivity contribution is 6.04. The molecule has 0 aliphatic carbocycles. The Morgan fingerprint density at radius 3 is 1.71 bits per heavy atom. The SMILES string of the molecule is COC(=O)CC1=C(CC(=O)OC)C(Cc2cc(C(=C(c3ccccc3)c3ccccc3)c3ccccc3)ccc2O)=CC=CN1. The fourth-order valence-corrected chi connectivity index (χ4v) is 5.48. The fraction of sp³-hybridized carbons (Fsp3) is 0.128. The number of carbonyl (C=O) groups is 2. The zero-order valence-electron chi connectivity index (χ0n) is 25.3. The van der Waals surface area contributed by atoms with Crippen molar-refractivity contribution < 1.29 is 24.2 Å². The van der Waals surface area contributed by atoms with Crippen molar-refractivity contribution in [3.63, 3.8) is 0 Å². The molecule has 6 nitrogen and oxygen atoms in total. The third-order valence-electron chi connectivity index (χ3n) is 7.69. The van der Waals surface area contributed by atoms with Crippen molar-refractivity contribution in [2.45, 2.75) is 19.3 Å². The van der Waals surface area contributed by atoms with E-state index in [4.69, 9.17) is 9.47 Å². The Balaban J connectivity index is 1.68. The van der Waals surface area contributed by atoms with Gasteiger partial charge >= 0.3 is 11.9 Å². The number of esters is 2. The van der Waals surface area contributed by atoms with Crippen LogP contribution in [0.25, 0.3) is 11.1 Å². The fourth-order valence-electron chi connectivity index (χ4n) is 5.48. The minimum Gasteiger partial charge on any atom is -0.508 e. The molecule has 1 aliphatic rings. The molecule has 4 aromatic carbocycles. The van der Waals surface area contributed by atoms with Gasteiger partial charge in [-0.2, -0.15) is 0 Å². The average molecular weight is 598 g/mol. The molecule has 0 radical (unpaired) electrons. The first-order valence-electron chi connectivity index (χ1n) is 14.7. The molecule has 0 unspecified atom stereocenters. The van der Waals surface area contributed by atoms with Gasteiger partial charge in [0.05, 0.1) is 27.1 Å². The molecule has 0 atom stereocenters. The summed E-state index contributed by atoms with van der Waals surface area (Å²) >= 11 is 0. The number of phenolic OH excluding ortho intramolecular Hbond substituents is 1. The van der Waals surface area contributed by atoms with Gasteiger partial charge in [0, 0.05) is 18.3 Å². The molecule has 0 aromatic heterocycles. The maximum atomic E-state index is 12.5. The van der Waals surface area contributed by atoms with Gasteiger partial charge in [-0.1, -0.05) is 103 Å². The van der Waals surface area contributed by atoms with E-state index in [0.29, 0.717) is 23.3 Å². The standard InChI is InChI=1S/C39H35NO5/c1-44-36(42)25-33-30(19-12-22-40-34(33)26-37(43)45-2)23-32-24-31(20-21-35(32)41)39(29-17-10-5-11-18-29)38(27-13-6-3-7-14-27)28-15-8-4-9-16-28/h3-22,24,40-41H,23,25-26H2,1-2H3. The summed E-state index contributed by atoms with van der Waals surface area (Å²) in [5, 5.41) is 14.3. The normalized spacial score (nSPS) is 12.4. The molecule has 5 rings (SSSR count). The number of carbonyl (C=O) groups excluding carboxylic acids is 2. The maximum Gasteiger partial charge on any atom is 0.311 e. The van der Waals surface area contributed by atoms with Crippen molar-refractivity contribution in [1.82, 2.24) is 5.32 Å². The molecule has 0 bridgehead atoms. The summed E-state index contributed by atoms with van der Waals surface area (Å²) in [6.07, 6.45) is 5.61. The summed E-state index contributed by atoms with van der Waals surface area (Å²) in [4.78, 5) is 24.8. The average Bonchev–Trinajstić information content (AvgIpc) is 3.26. The number of allylic oxidation sites excluding steroid dienone is 3. The molecule has 0 amide bonds. The number of methoxy groups -OCH3 is 2. The van der Waals surface area contributed by atoms with Crippen LogP contribution in [0.3, 0.4) is 0 Å².